The van der Waals surface area contributed by atoms with Crippen molar-refractivity contribution in [1.29, 1.82) is 0 Å². The molecule has 0 aliphatic rings. The first-order chi connectivity index (χ1) is 8.60. The number of esters is 1. The molecular weight excluding hydrogens is 236 g/mol. The van der Waals surface area contributed by atoms with E-state index in [0.717, 1.165) is 12.8 Å². The van der Waals surface area contributed by atoms with Gasteiger partial charge in [-0.1, -0.05) is 13.3 Å². The highest BCUT2D eigenvalue weighted by molar-refractivity contribution is 5.79. The number of carbonyl (C=O) groups excluding carboxylic acids is 2. The molecule has 6 nitrogen and oxygen atoms in total. The number of rotatable bonds is 10. The Bertz CT molecular complexity index is 222. The van der Waals surface area contributed by atoms with Crippen molar-refractivity contribution in [2.45, 2.75) is 19.8 Å². The van der Waals surface area contributed by atoms with Crippen molar-refractivity contribution in [3.8, 4) is 0 Å². The number of hydrogen-bond donors (Lipinski definition) is 1. The van der Waals surface area contributed by atoms with Gasteiger partial charge in [0.15, 0.2) is 0 Å². The molecule has 0 bridgehead atoms. The normalized spacial score (nSPS) is 10.4. The summed E-state index contributed by atoms with van der Waals surface area (Å²) in [5.74, 6) is -0.424. The lowest BCUT2D eigenvalue weighted by Crippen LogP contribution is -2.39. The summed E-state index contributed by atoms with van der Waals surface area (Å²) in [6.07, 6.45) is 1.86. The Balaban J connectivity index is 3.64. The van der Waals surface area contributed by atoms with E-state index in [0.29, 0.717) is 19.8 Å². The fraction of sp³-hybridized carbons (Fsp3) is 0.833. The smallest absolute Gasteiger partial charge is 0.320 e. The van der Waals surface area contributed by atoms with E-state index in [1.165, 1.54) is 0 Å². The van der Waals surface area contributed by atoms with Gasteiger partial charge in [0.2, 0.25) is 5.91 Å². The third-order valence-corrected chi connectivity index (χ3v) is 2.20. The molecule has 0 aromatic carbocycles. The van der Waals surface area contributed by atoms with E-state index in [-0.39, 0.29) is 25.0 Å². The number of nitrogens with one attached hydrogen (secondary N) is 1. The third-order valence-electron chi connectivity index (χ3n) is 2.20. The topological polar surface area (TPSA) is 67.9 Å². The van der Waals surface area contributed by atoms with Gasteiger partial charge in [-0.05, 0) is 13.5 Å². The Kier molecular flexibility index (Phi) is 10.3. The second-order valence-corrected chi connectivity index (χ2v) is 4.09. The standard InChI is InChI=1S/C12H24N2O4/c1-4-5-7-18-12(16)10-14(2)9-11(15)13-6-8-17-3/h4-10H2,1-3H3,(H,13,15). The van der Waals surface area contributed by atoms with Crippen molar-refractivity contribution in [2.75, 3.05) is 47.0 Å². The molecule has 1 amide bonds. The quantitative estimate of drug-likeness (QED) is 0.443. The first-order valence-corrected chi connectivity index (χ1v) is 6.20. The van der Waals surface area contributed by atoms with Crippen LogP contribution in [-0.4, -0.2) is 63.8 Å². The van der Waals surface area contributed by atoms with Crippen LogP contribution in [0.5, 0.6) is 0 Å². The highest BCUT2D eigenvalue weighted by Crippen LogP contribution is 1.91. The molecule has 0 spiro atoms. The van der Waals surface area contributed by atoms with Crippen molar-refractivity contribution >= 4 is 11.9 Å². The van der Waals surface area contributed by atoms with Gasteiger partial charge in [0.05, 0.1) is 26.3 Å². The number of likely N-dealkylation sites (N-methyl/N-ethyl adjacent to an activating group) is 1. The minimum atomic E-state index is -0.296. The zero-order valence-corrected chi connectivity index (χ0v) is 11.5. The Hall–Kier alpha value is -1.14. The molecule has 0 radical (unpaired) electrons. The van der Waals surface area contributed by atoms with Crippen molar-refractivity contribution in [1.82, 2.24) is 10.2 Å². The summed E-state index contributed by atoms with van der Waals surface area (Å²) in [6.45, 7) is 3.74. The van der Waals surface area contributed by atoms with Gasteiger partial charge in [0, 0.05) is 13.7 Å². The molecule has 6 heteroatoms. The monoisotopic (exact) mass is 260 g/mol. The number of nitrogens with zero attached hydrogens (tertiary/aromatic N) is 1. The summed E-state index contributed by atoms with van der Waals surface area (Å²) in [7, 11) is 3.28. The van der Waals surface area contributed by atoms with Gasteiger partial charge in [0.1, 0.15) is 0 Å². The molecular formula is C12H24N2O4. The Morgan fingerprint density at radius 2 is 1.94 bits per heavy atom. The van der Waals surface area contributed by atoms with Gasteiger partial charge >= 0.3 is 5.97 Å². The molecule has 0 fully saturated rings. The van der Waals surface area contributed by atoms with Crippen LogP contribution in [0.1, 0.15) is 19.8 Å². The Labute approximate surface area is 109 Å². The van der Waals surface area contributed by atoms with Crippen LogP contribution in [0, 0.1) is 0 Å². The van der Waals surface area contributed by atoms with Gasteiger partial charge in [-0.2, -0.15) is 0 Å². The molecule has 0 aromatic heterocycles. The molecule has 0 rings (SSSR count). The van der Waals surface area contributed by atoms with Crippen molar-refractivity contribution in [3.63, 3.8) is 0 Å². The van der Waals surface area contributed by atoms with E-state index >= 15 is 0 Å². The minimum Gasteiger partial charge on any atom is -0.465 e. The number of hydrogen-bond acceptors (Lipinski definition) is 5. The minimum absolute atomic E-state index is 0.126. The average molecular weight is 260 g/mol. The highest BCUT2D eigenvalue weighted by atomic mass is 16.5. The average Bonchev–Trinajstić information content (AvgIpc) is 2.29. The molecule has 0 aromatic rings. The number of amides is 1. The Morgan fingerprint density at radius 3 is 2.56 bits per heavy atom. The molecule has 0 saturated heterocycles. The van der Waals surface area contributed by atoms with Crippen molar-refractivity contribution in [2.24, 2.45) is 0 Å². The SMILES string of the molecule is CCCCOC(=O)CN(C)CC(=O)NCCOC. The van der Waals surface area contributed by atoms with Gasteiger partial charge in [0.25, 0.3) is 0 Å². The maximum atomic E-state index is 11.4. The molecule has 0 aliphatic carbocycles. The van der Waals surface area contributed by atoms with E-state index < -0.39 is 0 Å². The number of ether oxygens (including phenoxy) is 2. The molecule has 106 valence electrons. The molecule has 1 N–H and O–H groups in total. The van der Waals surface area contributed by atoms with Gasteiger partial charge < -0.3 is 14.8 Å². The fourth-order valence-electron chi connectivity index (χ4n) is 1.25. The van der Waals surface area contributed by atoms with Crippen molar-refractivity contribution < 1.29 is 19.1 Å². The molecule has 0 atom stereocenters. The summed E-state index contributed by atoms with van der Waals surface area (Å²) >= 11 is 0. The highest BCUT2D eigenvalue weighted by Gasteiger charge is 2.10. The second-order valence-electron chi connectivity index (χ2n) is 4.09. The summed E-state index contributed by atoms with van der Waals surface area (Å²) in [6, 6.07) is 0. The van der Waals surface area contributed by atoms with Crippen LogP contribution in [0.15, 0.2) is 0 Å². The number of carbonyl (C=O) groups is 2. The van der Waals surface area contributed by atoms with E-state index in [1.807, 2.05) is 6.92 Å². The lowest BCUT2D eigenvalue weighted by Gasteiger charge is -2.15. The molecule has 0 unspecified atom stereocenters. The maximum absolute atomic E-state index is 11.4. The number of methoxy groups -OCH3 is 1. The summed E-state index contributed by atoms with van der Waals surface area (Å²) in [4.78, 5) is 24.4. The zero-order chi connectivity index (χ0) is 13.8. The van der Waals surface area contributed by atoms with Gasteiger partial charge in [-0.25, -0.2) is 0 Å². The summed E-state index contributed by atoms with van der Waals surface area (Å²) in [5.41, 5.74) is 0. The van der Waals surface area contributed by atoms with Crippen LogP contribution in [0.3, 0.4) is 0 Å². The van der Waals surface area contributed by atoms with Crippen LogP contribution in [0.25, 0.3) is 0 Å². The molecule has 0 aliphatic heterocycles. The lowest BCUT2D eigenvalue weighted by molar-refractivity contribution is -0.144. The second kappa shape index (κ2) is 11.0. The largest absolute Gasteiger partial charge is 0.465 e. The lowest BCUT2D eigenvalue weighted by atomic mass is 10.4. The predicted molar refractivity (Wildman–Crippen MR) is 68.2 cm³/mol. The molecule has 0 heterocycles. The first kappa shape index (κ1) is 16.9. The fourth-order valence-corrected chi connectivity index (χ4v) is 1.25. The summed E-state index contributed by atoms with van der Waals surface area (Å²) < 4.78 is 9.82. The van der Waals surface area contributed by atoms with Gasteiger partial charge in [-0.3, -0.25) is 14.5 Å². The van der Waals surface area contributed by atoms with Crippen LogP contribution in [0.4, 0.5) is 0 Å². The third kappa shape index (κ3) is 10.0. The molecule has 0 saturated carbocycles. The zero-order valence-electron chi connectivity index (χ0n) is 11.5. The van der Waals surface area contributed by atoms with E-state index in [1.54, 1.807) is 19.1 Å². The van der Waals surface area contributed by atoms with Crippen LogP contribution in [0.2, 0.25) is 0 Å². The van der Waals surface area contributed by atoms with Crippen LogP contribution < -0.4 is 5.32 Å². The van der Waals surface area contributed by atoms with Gasteiger partial charge in [-0.15, -0.1) is 0 Å². The van der Waals surface area contributed by atoms with E-state index in [2.05, 4.69) is 5.32 Å². The van der Waals surface area contributed by atoms with E-state index in [9.17, 15) is 9.59 Å². The van der Waals surface area contributed by atoms with Crippen LogP contribution >= 0.6 is 0 Å². The van der Waals surface area contributed by atoms with Crippen molar-refractivity contribution in [3.05, 3.63) is 0 Å². The first-order valence-electron chi connectivity index (χ1n) is 6.20. The van der Waals surface area contributed by atoms with E-state index in [4.69, 9.17) is 9.47 Å². The summed E-state index contributed by atoms with van der Waals surface area (Å²) in [5, 5.41) is 2.68. The van der Waals surface area contributed by atoms with Crippen LogP contribution in [-0.2, 0) is 19.1 Å². The Morgan fingerprint density at radius 1 is 1.22 bits per heavy atom. The predicted octanol–water partition coefficient (Wildman–Crippen LogP) is 0.0241. The number of unbranched alkanes of at least 4 members (excludes halogenated alkanes) is 1. The molecule has 18 heavy (non-hydrogen) atoms. The maximum Gasteiger partial charge on any atom is 0.320 e.